The fourth-order valence-electron chi connectivity index (χ4n) is 1.13. The minimum Gasteiger partial charge on any atom is -0.352 e. The van der Waals surface area contributed by atoms with Gasteiger partial charge in [0.05, 0.1) is 5.56 Å². The van der Waals surface area contributed by atoms with Crippen LogP contribution < -0.4 is 10.9 Å². The SMILES string of the molecule is CC(C)CNC(=O)c1ccc(=O)n(C)c1. The van der Waals surface area contributed by atoms with Crippen LogP contribution in [0, 0.1) is 5.92 Å². The highest BCUT2D eigenvalue weighted by Gasteiger charge is 2.06. The Bertz CT molecular complexity index is 407. The lowest BCUT2D eigenvalue weighted by molar-refractivity contribution is 0.0948. The Hall–Kier alpha value is -1.58. The van der Waals surface area contributed by atoms with Crippen LogP contribution in [0.2, 0.25) is 0 Å². The summed E-state index contributed by atoms with van der Waals surface area (Å²) >= 11 is 0. The molecule has 1 N–H and O–H groups in total. The van der Waals surface area contributed by atoms with Crippen LogP contribution in [-0.2, 0) is 7.05 Å². The van der Waals surface area contributed by atoms with Crippen molar-refractivity contribution in [3.63, 3.8) is 0 Å². The maximum Gasteiger partial charge on any atom is 0.252 e. The number of hydrogen-bond acceptors (Lipinski definition) is 2. The van der Waals surface area contributed by atoms with Crippen LogP contribution in [0.25, 0.3) is 0 Å². The van der Waals surface area contributed by atoms with E-state index >= 15 is 0 Å². The van der Waals surface area contributed by atoms with Crippen LogP contribution in [0.5, 0.6) is 0 Å². The van der Waals surface area contributed by atoms with Gasteiger partial charge in [-0.25, -0.2) is 0 Å². The summed E-state index contributed by atoms with van der Waals surface area (Å²) in [7, 11) is 1.63. The Labute approximate surface area is 88.9 Å². The number of amides is 1. The molecule has 1 amide bonds. The summed E-state index contributed by atoms with van der Waals surface area (Å²) in [5.74, 6) is 0.279. The Morgan fingerprint density at radius 2 is 2.13 bits per heavy atom. The van der Waals surface area contributed by atoms with Gasteiger partial charge in [0, 0.05) is 25.9 Å². The number of pyridine rings is 1. The van der Waals surface area contributed by atoms with Crippen LogP contribution in [-0.4, -0.2) is 17.0 Å². The maximum absolute atomic E-state index is 11.6. The lowest BCUT2D eigenvalue weighted by Gasteiger charge is -2.08. The largest absolute Gasteiger partial charge is 0.352 e. The summed E-state index contributed by atoms with van der Waals surface area (Å²) in [6, 6.07) is 2.93. The van der Waals surface area contributed by atoms with Gasteiger partial charge in [0.1, 0.15) is 0 Å². The predicted molar refractivity (Wildman–Crippen MR) is 58.9 cm³/mol. The number of rotatable bonds is 3. The fourth-order valence-corrected chi connectivity index (χ4v) is 1.13. The molecule has 0 bridgehead atoms. The quantitative estimate of drug-likeness (QED) is 0.797. The molecule has 82 valence electrons. The molecule has 1 aromatic heterocycles. The van der Waals surface area contributed by atoms with Crippen molar-refractivity contribution in [2.75, 3.05) is 6.54 Å². The zero-order valence-corrected chi connectivity index (χ0v) is 9.28. The van der Waals surface area contributed by atoms with Gasteiger partial charge in [0.2, 0.25) is 5.56 Å². The standard InChI is InChI=1S/C11H16N2O2/c1-8(2)6-12-11(15)9-4-5-10(14)13(3)7-9/h4-5,7-8H,6H2,1-3H3,(H,12,15). The summed E-state index contributed by atoms with van der Waals surface area (Å²) in [4.78, 5) is 22.7. The number of carbonyl (C=O) groups is 1. The molecule has 15 heavy (non-hydrogen) atoms. The van der Waals surface area contributed by atoms with Crippen molar-refractivity contribution in [3.05, 3.63) is 34.2 Å². The molecule has 0 aliphatic heterocycles. The third-order valence-corrected chi connectivity index (χ3v) is 2.02. The van der Waals surface area contributed by atoms with E-state index in [1.54, 1.807) is 7.05 Å². The Kier molecular flexibility index (Phi) is 3.66. The van der Waals surface area contributed by atoms with Gasteiger partial charge in [0.15, 0.2) is 0 Å². The average Bonchev–Trinajstić information content (AvgIpc) is 2.18. The highest BCUT2D eigenvalue weighted by atomic mass is 16.1. The molecule has 1 heterocycles. The van der Waals surface area contributed by atoms with Gasteiger partial charge in [-0.15, -0.1) is 0 Å². The molecule has 0 unspecified atom stereocenters. The van der Waals surface area contributed by atoms with E-state index in [-0.39, 0.29) is 11.5 Å². The number of nitrogens with zero attached hydrogens (tertiary/aromatic N) is 1. The average molecular weight is 208 g/mol. The summed E-state index contributed by atoms with van der Waals surface area (Å²) in [6.07, 6.45) is 1.54. The third-order valence-electron chi connectivity index (χ3n) is 2.02. The van der Waals surface area contributed by atoms with E-state index in [1.807, 2.05) is 13.8 Å². The second-order valence-corrected chi connectivity index (χ2v) is 3.97. The second kappa shape index (κ2) is 4.77. The van der Waals surface area contributed by atoms with Crippen molar-refractivity contribution >= 4 is 5.91 Å². The van der Waals surface area contributed by atoms with Crippen LogP contribution in [0.1, 0.15) is 24.2 Å². The third kappa shape index (κ3) is 3.23. The number of aromatic nitrogens is 1. The maximum atomic E-state index is 11.6. The van der Waals surface area contributed by atoms with Gasteiger partial charge in [0.25, 0.3) is 5.91 Å². The van der Waals surface area contributed by atoms with Crippen molar-refractivity contribution in [1.29, 1.82) is 0 Å². The highest BCUT2D eigenvalue weighted by Crippen LogP contribution is 1.96. The van der Waals surface area contributed by atoms with Crippen LogP contribution in [0.3, 0.4) is 0 Å². The molecule has 4 nitrogen and oxygen atoms in total. The lowest BCUT2D eigenvalue weighted by atomic mass is 10.2. The molecule has 0 aromatic carbocycles. The van der Waals surface area contributed by atoms with E-state index in [4.69, 9.17) is 0 Å². The van der Waals surface area contributed by atoms with E-state index in [1.165, 1.54) is 22.9 Å². The van der Waals surface area contributed by atoms with Gasteiger partial charge in [-0.05, 0) is 12.0 Å². The van der Waals surface area contributed by atoms with Crippen LogP contribution in [0.4, 0.5) is 0 Å². The molecule has 0 aliphatic carbocycles. The van der Waals surface area contributed by atoms with E-state index in [2.05, 4.69) is 5.32 Å². The zero-order valence-electron chi connectivity index (χ0n) is 9.28. The molecule has 0 spiro atoms. The van der Waals surface area contributed by atoms with Crippen LogP contribution >= 0.6 is 0 Å². The molecule has 1 rings (SSSR count). The summed E-state index contributed by atoms with van der Waals surface area (Å²) in [5.41, 5.74) is 0.396. The van der Waals surface area contributed by atoms with Gasteiger partial charge in [-0.3, -0.25) is 9.59 Å². The second-order valence-electron chi connectivity index (χ2n) is 3.97. The van der Waals surface area contributed by atoms with Gasteiger partial charge >= 0.3 is 0 Å². The van der Waals surface area contributed by atoms with E-state index in [0.29, 0.717) is 18.0 Å². The number of nitrogens with one attached hydrogen (secondary N) is 1. The normalized spacial score (nSPS) is 10.4. The van der Waals surface area contributed by atoms with Crippen molar-refractivity contribution < 1.29 is 4.79 Å². The Morgan fingerprint density at radius 3 is 2.67 bits per heavy atom. The first kappa shape index (κ1) is 11.5. The molecule has 0 aliphatic rings. The van der Waals surface area contributed by atoms with E-state index in [9.17, 15) is 9.59 Å². The van der Waals surface area contributed by atoms with Crippen molar-refractivity contribution in [1.82, 2.24) is 9.88 Å². The summed E-state index contributed by atoms with van der Waals surface area (Å²) in [5, 5.41) is 2.79. The fraction of sp³-hybridized carbons (Fsp3) is 0.455. The first-order valence-corrected chi connectivity index (χ1v) is 4.95. The molecule has 0 atom stereocenters. The number of aryl methyl sites for hydroxylation is 1. The summed E-state index contributed by atoms with van der Waals surface area (Å²) in [6.45, 7) is 4.70. The number of hydrogen-bond donors (Lipinski definition) is 1. The smallest absolute Gasteiger partial charge is 0.252 e. The molecule has 0 saturated carbocycles. The molecule has 4 heteroatoms. The topological polar surface area (TPSA) is 51.1 Å². The highest BCUT2D eigenvalue weighted by molar-refractivity contribution is 5.93. The van der Waals surface area contributed by atoms with E-state index in [0.717, 1.165) is 0 Å². The lowest BCUT2D eigenvalue weighted by Crippen LogP contribution is -2.28. The van der Waals surface area contributed by atoms with Gasteiger partial charge in [-0.1, -0.05) is 13.8 Å². The Morgan fingerprint density at radius 1 is 1.47 bits per heavy atom. The first-order chi connectivity index (χ1) is 7.00. The van der Waals surface area contributed by atoms with Gasteiger partial charge < -0.3 is 9.88 Å². The monoisotopic (exact) mass is 208 g/mol. The molecule has 1 aromatic rings. The number of carbonyl (C=O) groups excluding carboxylic acids is 1. The molecule has 0 saturated heterocycles. The Balaban J connectivity index is 2.74. The molecule has 0 fully saturated rings. The minimum atomic E-state index is -0.140. The van der Waals surface area contributed by atoms with Gasteiger partial charge in [-0.2, -0.15) is 0 Å². The first-order valence-electron chi connectivity index (χ1n) is 4.95. The van der Waals surface area contributed by atoms with E-state index < -0.39 is 0 Å². The van der Waals surface area contributed by atoms with Crippen LogP contribution in [0.15, 0.2) is 23.1 Å². The zero-order chi connectivity index (χ0) is 11.4. The van der Waals surface area contributed by atoms with Crippen molar-refractivity contribution in [2.24, 2.45) is 13.0 Å². The van der Waals surface area contributed by atoms with Crippen molar-refractivity contribution in [2.45, 2.75) is 13.8 Å². The molecule has 0 radical (unpaired) electrons. The minimum absolute atomic E-state index is 0.115. The molecular formula is C11H16N2O2. The summed E-state index contributed by atoms with van der Waals surface area (Å²) < 4.78 is 1.39. The van der Waals surface area contributed by atoms with Crippen molar-refractivity contribution in [3.8, 4) is 0 Å². The predicted octanol–water partition coefficient (Wildman–Crippen LogP) is 0.771. The molecular weight excluding hydrogens is 192 g/mol.